The van der Waals surface area contributed by atoms with E-state index in [0.29, 0.717) is 5.95 Å². The van der Waals surface area contributed by atoms with E-state index in [1.807, 2.05) is 30.3 Å². The third kappa shape index (κ3) is 2.88. The fourth-order valence-corrected chi connectivity index (χ4v) is 2.22. The Morgan fingerprint density at radius 3 is 2.82 bits per heavy atom. The van der Waals surface area contributed by atoms with Gasteiger partial charge < -0.3 is 10.1 Å². The Bertz CT molecular complexity index is 505. The summed E-state index contributed by atoms with van der Waals surface area (Å²) in [5.74, 6) is 1.46. The van der Waals surface area contributed by atoms with Gasteiger partial charge in [-0.15, -0.1) is 0 Å². The molecule has 17 heavy (non-hydrogen) atoms. The van der Waals surface area contributed by atoms with Crippen molar-refractivity contribution in [1.29, 1.82) is 0 Å². The van der Waals surface area contributed by atoms with Crippen LogP contribution in [-0.2, 0) is 0 Å². The van der Waals surface area contributed by atoms with Crippen molar-refractivity contribution in [1.82, 2.24) is 9.97 Å². The number of ether oxygens (including phenoxy) is 1. The van der Waals surface area contributed by atoms with Crippen molar-refractivity contribution >= 4 is 17.7 Å². The smallest absolute Gasteiger partial charge is 0.223 e. The lowest BCUT2D eigenvalue weighted by molar-refractivity contribution is 0.405. The lowest BCUT2D eigenvalue weighted by Crippen LogP contribution is -1.96. The number of hydrogen-bond acceptors (Lipinski definition) is 5. The van der Waals surface area contributed by atoms with E-state index >= 15 is 0 Å². The summed E-state index contributed by atoms with van der Waals surface area (Å²) < 4.78 is 5.29. The van der Waals surface area contributed by atoms with Crippen molar-refractivity contribution in [2.24, 2.45) is 0 Å². The Labute approximate surface area is 104 Å². The molecule has 0 aliphatic rings. The van der Waals surface area contributed by atoms with Crippen molar-refractivity contribution in [3.8, 4) is 5.75 Å². The van der Waals surface area contributed by atoms with Crippen LogP contribution < -0.4 is 10.1 Å². The maximum atomic E-state index is 5.29. The number of nitrogens with one attached hydrogen (secondary N) is 1. The molecule has 2 aromatic rings. The molecule has 1 heterocycles. The monoisotopic (exact) mass is 247 g/mol. The molecule has 0 spiro atoms. The zero-order valence-corrected chi connectivity index (χ0v) is 10.5. The molecule has 0 bridgehead atoms. The predicted molar refractivity (Wildman–Crippen MR) is 68.7 cm³/mol. The second kappa shape index (κ2) is 5.54. The van der Waals surface area contributed by atoms with Gasteiger partial charge >= 0.3 is 0 Å². The summed E-state index contributed by atoms with van der Waals surface area (Å²) in [4.78, 5) is 9.46. The van der Waals surface area contributed by atoms with E-state index in [0.717, 1.165) is 15.7 Å². The Balaban J connectivity index is 2.24. The molecule has 0 saturated heterocycles. The van der Waals surface area contributed by atoms with Crippen LogP contribution in [0, 0.1) is 0 Å². The highest BCUT2D eigenvalue weighted by atomic mass is 32.2. The minimum Gasteiger partial charge on any atom is -0.496 e. The minimum atomic E-state index is 0.616. The van der Waals surface area contributed by atoms with Gasteiger partial charge in [0.1, 0.15) is 10.8 Å². The average molecular weight is 247 g/mol. The Hall–Kier alpha value is -1.75. The van der Waals surface area contributed by atoms with Crippen molar-refractivity contribution in [3.63, 3.8) is 0 Å². The van der Waals surface area contributed by atoms with Gasteiger partial charge in [-0.3, -0.25) is 0 Å². The molecule has 1 N–H and O–H groups in total. The highest BCUT2D eigenvalue weighted by Gasteiger charge is 2.05. The fourth-order valence-electron chi connectivity index (χ4n) is 1.34. The lowest BCUT2D eigenvalue weighted by Gasteiger charge is -2.07. The zero-order valence-electron chi connectivity index (χ0n) is 9.68. The van der Waals surface area contributed by atoms with Crippen LogP contribution in [0.1, 0.15) is 0 Å². The first-order valence-electron chi connectivity index (χ1n) is 5.15. The van der Waals surface area contributed by atoms with Crippen LogP contribution in [0.4, 0.5) is 5.95 Å². The molecule has 1 aromatic heterocycles. The second-order valence-corrected chi connectivity index (χ2v) is 4.28. The third-order valence-corrected chi connectivity index (χ3v) is 3.13. The molecule has 0 aliphatic carbocycles. The quantitative estimate of drug-likeness (QED) is 0.842. The van der Waals surface area contributed by atoms with Crippen LogP contribution in [-0.4, -0.2) is 24.1 Å². The van der Waals surface area contributed by atoms with Gasteiger partial charge in [-0.05, 0) is 18.2 Å². The molecule has 88 valence electrons. The molecule has 2 rings (SSSR count). The molecule has 0 saturated carbocycles. The van der Waals surface area contributed by atoms with Crippen molar-refractivity contribution < 1.29 is 4.74 Å². The third-order valence-electron chi connectivity index (χ3n) is 2.14. The van der Waals surface area contributed by atoms with E-state index in [-0.39, 0.29) is 0 Å². The van der Waals surface area contributed by atoms with Crippen LogP contribution >= 0.6 is 11.8 Å². The zero-order chi connectivity index (χ0) is 12.1. The lowest BCUT2D eigenvalue weighted by atomic mass is 10.3. The Morgan fingerprint density at radius 1 is 1.24 bits per heavy atom. The number of hydrogen-bond donors (Lipinski definition) is 1. The molecule has 0 fully saturated rings. The van der Waals surface area contributed by atoms with E-state index < -0.39 is 0 Å². The molecule has 1 aromatic carbocycles. The first-order valence-corrected chi connectivity index (χ1v) is 5.97. The number of para-hydroxylation sites is 1. The summed E-state index contributed by atoms with van der Waals surface area (Å²) in [6.07, 6.45) is 1.73. The molecular weight excluding hydrogens is 234 g/mol. The summed E-state index contributed by atoms with van der Waals surface area (Å²) in [6, 6.07) is 9.73. The van der Waals surface area contributed by atoms with Gasteiger partial charge in [-0.2, -0.15) is 0 Å². The van der Waals surface area contributed by atoms with E-state index in [1.54, 1.807) is 32.1 Å². The first kappa shape index (κ1) is 11.7. The van der Waals surface area contributed by atoms with Gasteiger partial charge in [-0.25, -0.2) is 9.97 Å². The van der Waals surface area contributed by atoms with E-state index in [1.165, 1.54) is 0 Å². The van der Waals surface area contributed by atoms with Gasteiger partial charge in [0, 0.05) is 13.2 Å². The van der Waals surface area contributed by atoms with Crippen molar-refractivity contribution in [2.45, 2.75) is 9.92 Å². The number of rotatable bonds is 4. The average Bonchev–Trinajstić information content (AvgIpc) is 2.39. The predicted octanol–water partition coefficient (Wildman–Crippen LogP) is 2.68. The molecule has 0 unspecified atom stereocenters. The normalized spacial score (nSPS) is 10.0. The van der Waals surface area contributed by atoms with E-state index in [2.05, 4.69) is 15.3 Å². The number of methoxy groups -OCH3 is 1. The molecule has 0 radical (unpaired) electrons. The van der Waals surface area contributed by atoms with Crippen molar-refractivity contribution in [3.05, 3.63) is 36.5 Å². The molecule has 5 heteroatoms. The summed E-state index contributed by atoms with van der Waals surface area (Å²) in [7, 11) is 3.46. The SMILES string of the molecule is CNc1nccc(Sc2ccccc2OC)n1. The number of benzene rings is 1. The summed E-state index contributed by atoms with van der Waals surface area (Å²) >= 11 is 1.55. The number of nitrogens with zero attached hydrogens (tertiary/aromatic N) is 2. The molecule has 0 atom stereocenters. The Kier molecular flexibility index (Phi) is 3.82. The standard InChI is InChI=1S/C12H13N3OS/c1-13-12-14-8-7-11(15-12)17-10-6-4-3-5-9(10)16-2/h3-8H,1-2H3,(H,13,14,15). The molecule has 0 amide bonds. The Morgan fingerprint density at radius 2 is 2.06 bits per heavy atom. The number of anilines is 1. The maximum Gasteiger partial charge on any atom is 0.223 e. The van der Waals surface area contributed by atoms with Crippen LogP contribution in [0.25, 0.3) is 0 Å². The van der Waals surface area contributed by atoms with Gasteiger partial charge in [-0.1, -0.05) is 23.9 Å². The maximum absolute atomic E-state index is 5.29. The van der Waals surface area contributed by atoms with Gasteiger partial charge in [0.05, 0.1) is 12.0 Å². The summed E-state index contributed by atoms with van der Waals surface area (Å²) in [5, 5.41) is 3.80. The minimum absolute atomic E-state index is 0.616. The summed E-state index contributed by atoms with van der Waals surface area (Å²) in [6.45, 7) is 0. The number of aromatic nitrogens is 2. The molecule has 4 nitrogen and oxygen atoms in total. The van der Waals surface area contributed by atoms with Crippen LogP contribution in [0.2, 0.25) is 0 Å². The van der Waals surface area contributed by atoms with Crippen LogP contribution in [0.15, 0.2) is 46.5 Å². The van der Waals surface area contributed by atoms with E-state index in [4.69, 9.17) is 4.74 Å². The molecule has 0 aliphatic heterocycles. The fraction of sp³-hybridized carbons (Fsp3) is 0.167. The topological polar surface area (TPSA) is 47.0 Å². The summed E-state index contributed by atoms with van der Waals surface area (Å²) in [5.41, 5.74) is 0. The van der Waals surface area contributed by atoms with Crippen LogP contribution in [0.5, 0.6) is 5.75 Å². The highest BCUT2D eigenvalue weighted by Crippen LogP contribution is 2.33. The van der Waals surface area contributed by atoms with Gasteiger partial charge in [0.15, 0.2) is 0 Å². The molecular formula is C12H13N3OS. The van der Waals surface area contributed by atoms with E-state index in [9.17, 15) is 0 Å². The second-order valence-electron chi connectivity index (χ2n) is 3.22. The highest BCUT2D eigenvalue weighted by molar-refractivity contribution is 7.99. The van der Waals surface area contributed by atoms with Crippen LogP contribution in [0.3, 0.4) is 0 Å². The van der Waals surface area contributed by atoms with Crippen molar-refractivity contribution in [2.75, 3.05) is 19.5 Å². The van der Waals surface area contributed by atoms with Gasteiger partial charge in [0.25, 0.3) is 0 Å². The largest absolute Gasteiger partial charge is 0.496 e. The van der Waals surface area contributed by atoms with Gasteiger partial charge in [0.2, 0.25) is 5.95 Å². The first-order chi connectivity index (χ1) is 8.33.